The zero-order chi connectivity index (χ0) is 9.78. The van der Waals surface area contributed by atoms with Crippen LogP contribution in [0.1, 0.15) is 33.6 Å². The van der Waals surface area contributed by atoms with E-state index >= 15 is 0 Å². The fourth-order valence-electron chi connectivity index (χ4n) is 1.33. The lowest BCUT2D eigenvalue weighted by Crippen LogP contribution is -2.16. The summed E-state index contributed by atoms with van der Waals surface area (Å²) in [5.41, 5.74) is 4.12. The lowest BCUT2D eigenvalue weighted by molar-refractivity contribution is 0.585. The van der Waals surface area contributed by atoms with E-state index in [2.05, 4.69) is 46.1 Å². The third-order valence-corrected chi connectivity index (χ3v) is 3.15. The van der Waals surface area contributed by atoms with Gasteiger partial charge in [0.2, 0.25) is 0 Å². The van der Waals surface area contributed by atoms with Crippen molar-refractivity contribution in [1.82, 2.24) is 0 Å². The first-order chi connectivity index (χ1) is 5.31. The molecule has 0 fully saturated rings. The monoisotopic (exact) mass is 184 g/mol. The molecule has 0 aliphatic carbocycles. The number of hydrogen-bond donors (Lipinski definition) is 0. The van der Waals surface area contributed by atoms with Gasteiger partial charge in [-0.25, -0.2) is 0 Å². The Morgan fingerprint density at radius 2 is 1.75 bits per heavy atom. The van der Waals surface area contributed by atoms with Gasteiger partial charge >= 0.3 is 0 Å². The molecule has 0 unspecified atom stereocenters. The van der Waals surface area contributed by atoms with Crippen molar-refractivity contribution in [2.75, 3.05) is 0 Å². The summed E-state index contributed by atoms with van der Waals surface area (Å²) < 4.78 is 0. The van der Waals surface area contributed by atoms with E-state index in [-0.39, 0.29) is 0 Å². The van der Waals surface area contributed by atoms with Gasteiger partial charge < -0.3 is 0 Å². The highest BCUT2D eigenvalue weighted by atomic mass is 28.3. The van der Waals surface area contributed by atoms with E-state index < -0.39 is 8.07 Å². The third kappa shape index (κ3) is 8.06. The fraction of sp³-hybridized carbons (Fsp3) is 0.818. The van der Waals surface area contributed by atoms with Crippen LogP contribution in [0.3, 0.4) is 0 Å². The van der Waals surface area contributed by atoms with Crippen LogP contribution in [0.25, 0.3) is 0 Å². The maximum Gasteiger partial charge on any atom is 0.0686 e. The third-order valence-electron chi connectivity index (χ3n) is 1.80. The predicted molar refractivity (Wildman–Crippen MR) is 61.2 cm³/mol. The van der Waals surface area contributed by atoms with E-state index in [0.29, 0.717) is 0 Å². The summed E-state index contributed by atoms with van der Waals surface area (Å²) in [6, 6.07) is 0. The quantitative estimate of drug-likeness (QED) is 0.573. The van der Waals surface area contributed by atoms with Crippen LogP contribution in [0.5, 0.6) is 0 Å². The Labute approximate surface area is 79.1 Å². The molecule has 12 heavy (non-hydrogen) atoms. The predicted octanol–water partition coefficient (Wildman–Crippen LogP) is 4.25. The molecule has 0 aromatic carbocycles. The van der Waals surface area contributed by atoms with Crippen LogP contribution in [0.2, 0.25) is 19.6 Å². The van der Waals surface area contributed by atoms with Crippen molar-refractivity contribution in [2.24, 2.45) is 5.92 Å². The molecule has 0 nitrogen and oxygen atoms in total. The van der Waals surface area contributed by atoms with E-state index in [1.54, 1.807) is 5.57 Å². The van der Waals surface area contributed by atoms with Crippen molar-refractivity contribution in [2.45, 2.75) is 53.3 Å². The molecule has 0 saturated heterocycles. The maximum atomic E-state index is 2.52. The van der Waals surface area contributed by atoms with Crippen LogP contribution in [-0.4, -0.2) is 8.07 Å². The number of rotatable bonds is 4. The van der Waals surface area contributed by atoms with Gasteiger partial charge in [0.15, 0.2) is 0 Å². The topological polar surface area (TPSA) is 0 Å². The van der Waals surface area contributed by atoms with Crippen LogP contribution < -0.4 is 0 Å². The van der Waals surface area contributed by atoms with Crippen molar-refractivity contribution in [3.8, 4) is 0 Å². The average Bonchev–Trinajstić information content (AvgIpc) is 1.79. The zero-order valence-electron chi connectivity index (χ0n) is 9.57. The molecule has 0 atom stereocenters. The molecular formula is C11H24Si. The van der Waals surface area contributed by atoms with Crippen molar-refractivity contribution in [3.63, 3.8) is 0 Å². The Balaban J connectivity index is 3.87. The van der Waals surface area contributed by atoms with Gasteiger partial charge in [-0.3, -0.25) is 0 Å². The van der Waals surface area contributed by atoms with E-state index in [4.69, 9.17) is 0 Å². The normalized spacial score (nSPS) is 14.1. The molecule has 0 amide bonds. The van der Waals surface area contributed by atoms with Gasteiger partial charge in [-0.1, -0.05) is 44.8 Å². The molecule has 1 heteroatoms. The molecule has 0 aromatic heterocycles. The second-order valence-electron chi connectivity index (χ2n) is 5.29. The van der Waals surface area contributed by atoms with E-state index in [9.17, 15) is 0 Å². The van der Waals surface area contributed by atoms with Gasteiger partial charge in [0.25, 0.3) is 0 Å². The molecular weight excluding hydrogens is 160 g/mol. The second kappa shape index (κ2) is 4.86. The smallest absolute Gasteiger partial charge is 0.0686 e. The molecule has 0 heterocycles. The summed E-state index contributed by atoms with van der Waals surface area (Å²) in [5, 5.41) is 0. The molecule has 0 N–H and O–H groups in total. The summed E-state index contributed by atoms with van der Waals surface area (Å²) in [5.74, 6) is 0.843. The summed E-state index contributed by atoms with van der Waals surface area (Å²) in [4.78, 5) is 0. The Kier molecular flexibility index (Phi) is 4.84. The molecule has 0 radical (unpaired) electrons. The van der Waals surface area contributed by atoms with Gasteiger partial charge in [-0.15, -0.1) is 0 Å². The minimum absolute atomic E-state index is 0.843. The first kappa shape index (κ1) is 12.0. The molecule has 0 aromatic rings. The first-order valence-electron chi connectivity index (χ1n) is 4.99. The average molecular weight is 184 g/mol. The van der Waals surface area contributed by atoms with Gasteiger partial charge in [-0.05, 0) is 25.7 Å². The van der Waals surface area contributed by atoms with E-state index in [1.807, 2.05) is 0 Å². The fourth-order valence-corrected chi connectivity index (χ4v) is 2.95. The highest BCUT2D eigenvalue weighted by molar-refractivity contribution is 6.81. The van der Waals surface area contributed by atoms with Crippen LogP contribution in [0.15, 0.2) is 11.3 Å². The number of hydrogen-bond acceptors (Lipinski definition) is 0. The Hall–Kier alpha value is -0.0431. The highest BCUT2D eigenvalue weighted by Gasteiger charge is 2.08. The lowest BCUT2D eigenvalue weighted by Gasteiger charge is -2.12. The standard InChI is InChI=1S/C11H24Si/c1-10(2)7-8-11(3)9-12(4,5)6/h9-10H,7-8H2,1-6H3/b11-9+. The molecule has 0 aliphatic rings. The second-order valence-corrected chi connectivity index (χ2v) is 10.3. The Morgan fingerprint density at radius 3 is 2.08 bits per heavy atom. The maximum absolute atomic E-state index is 2.52. The molecule has 0 rings (SSSR count). The zero-order valence-corrected chi connectivity index (χ0v) is 10.6. The molecule has 72 valence electrons. The van der Waals surface area contributed by atoms with Crippen molar-refractivity contribution in [3.05, 3.63) is 11.3 Å². The highest BCUT2D eigenvalue weighted by Crippen LogP contribution is 2.14. The van der Waals surface area contributed by atoms with Crippen LogP contribution >= 0.6 is 0 Å². The molecule has 0 bridgehead atoms. The SMILES string of the molecule is C/C(=C\[Si](C)(C)C)CCC(C)C. The van der Waals surface area contributed by atoms with Crippen molar-refractivity contribution < 1.29 is 0 Å². The van der Waals surface area contributed by atoms with Crippen molar-refractivity contribution >= 4 is 8.07 Å². The minimum Gasteiger partial charge on any atom is -0.0961 e. The van der Waals surface area contributed by atoms with Crippen LogP contribution in [0.4, 0.5) is 0 Å². The first-order valence-corrected chi connectivity index (χ1v) is 8.57. The Morgan fingerprint density at radius 1 is 1.25 bits per heavy atom. The van der Waals surface area contributed by atoms with Gasteiger partial charge in [-0.2, -0.15) is 0 Å². The summed E-state index contributed by atoms with van der Waals surface area (Å²) in [6.07, 6.45) is 2.63. The molecule has 0 saturated carbocycles. The Bertz CT molecular complexity index is 149. The summed E-state index contributed by atoms with van der Waals surface area (Å²) in [6.45, 7) is 14.0. The molecule has 0 spiro atoms. The molecule has 0 aliphatic heterocycles. The van der Waals surface area contributed by atoms with E-state index in [0.717, 1.165) is 5.92 Å². The lowest BCUT2D eigenvalue weighted by atomic mass is 10.1. The van der Waals surface area contributed by atoms with Crippen LogP contribution in [0, 0.1) is 5.92 Å². The minimum atomic E-state index is -0.954. The van der Waals surface area contributed by atoms with Gasteiger partial charge in [0.1, 0.15) is 0 Å². The van der Waals surface area contributed by atoms with Gasteiger partial charge in [0, 0.05) is 0 Å². The largest absolute Gasteiger partial charge is 0.0961 e. The van der Waals surface area contributed by atoms with Crippen LogP contribution in [-0.2, 0) is 0 Å². The number of allylic oxidation sites excluding steroid dienone is 1. The summed E-state index contributed by atoms with van der Waals surface area (Å²) in [7, 11) is -0.954. The van der Waals surface area contributed by atoms with Gasteiger partial charge in [0.05, 0.1) is 8.07 Å². The van der Waals surface area contributed by atoms with Crippen molar-refractivity contribution in [1.29, 1.82) is 0 Å². The van der Waals surface area contributed by atoms with E-state index in [1.165, 1.54) is 12.8 Å². The summed E-state index contributed by atoms with van der Waals surface area (Å²) >= 11 is 0.